The number of aromatic nitrogens is 5. The molecule has 0 amide bonds. The molecule has 0 saturated carbocycles. The van der Waals surface area contributed by atoms with Crippen molar-refractivity contribution in [3.8, 4) is 17.2 Å². The number of anilines is 1. The summed E-state index contributed by atoms with van der Waals surface area (Å²) in [5.41, 5.74) is 8.31. The van der Waals surface area contributed by atoms with E-state index in [0.29, 0.717) is 29.2 Å². The molecule has 3 heterocycles. The van der Waals surface area contributed by atoms with Gasteiger partial charge in [-0.2, -0.15) is 4.98 Å². The Balaban J connectivity index is 1.81. The summed E-state index contributed by atoms with van der Waals surface area (Å²) in [6, 6.07) is 10.4. The van der Waals surface area contributed by atoms with Gasteiger partial charge in [0.1, 0.15) is 11.4 Å². The lowest BCUT2D eigenvalue weighted by atomic mass is 10.2. The molecule has 3 N–H and O–H groups in total. The standard InChI is InChI=1S/C15H12N6O2/c16-15-17-12(11-2-1-7-23-11)13-14(18-15)21(20-19-13)8-9-3-5-10(22)6-4-9/h1-7,22H,8H2,(H2,16,17,18). The third-order valence-electron chi connectivity index (χ3n) is 3.40. The summed E-state index contributed by atoms with van der Waals surface area (Å²) in [6.45, 7) is 0.449. The lowest BCUT2D eigenvalue weighted by Crippen LogP contribution is -2.05. The van der Waals surface area contributed by atoms with E-state index in [1.165, 1.54) is 0 Å². The lowest BCUT2D eigenvalue weighted by Gasteiger charge is -2.04. The van der Waals surface area contributed by atoms with Crippen molar-refractivity contribution in [1.82, 2.24) is 25.0 Å². The average Bonchev–Trinajstić information content (AvgIpc) is 3.19. The fourth-order valence-electron chi connectivity index (χ4n) is 2.34. The van der Waals surface area contributed by atoms with Crippen molar-refractivity contribution in [2.75, 3.05) is 5.73 Å². The second-order valence-electron chi connectivity index (χ2n) is 4.99. The molecular formula is C15H12N6O2. The molecule has 0 bridgehead atoms. The highest BCUT2D eigenvalue weighted by Crippen LogP contribution is 2.25. The fourth-order valence-corrected chi connectivity index (χ4v) is 2.34. The van der Waals surface area contributed by atoms with Gasteiger partial charge in [-0.3, -0.25) is 0 Å². The Bertz CT molecular complexity index is 960. The number of aromatic hydroxyl groups is 1. The quantitative estimate of drug-likeness (QED) is 0.593. The molecule has 8 nitrogen and oxygen atoms in total. The van der Waals surface area contributed by atoms with Gasteiger partial charge >= 0.3 is 0 Å². The SMILES string of the molecule is Nc1nc(-c2ccco2)c2nnn(Cc3ccc(O)cc3)c2n1. The van der Waals surface area contributed by atoms with E-state index in [2.05, 4.69) is 20.3 Å². The molecular weight excluding hydrogens is 296 g/mol. The van der Waals surface area contributed by atoms with Crippen LogP contribution in [0.4, 0.5) is 5.95 Å². The molecule has 1 aromatic carbocycles. The smallest absolute Gasteiger partial charge is 0.222 e. The lowest BCUT2D eigenvalue weighted by molar-refractivity contribution is 0.475. The summed E-state index contributed by atoms with van der Waals surface area (Å²) in [5.74, 6) is 0.891. The molecule has 4 rings (SSSR count). The van der Waals surface area contributed by atoms with Gasteiger partial charge in [0.05, 0.1) is 12.8 Å². The van der Waals surface area contributed by atoms with Crippen molar-refractivity contribution < 1.29 is 9.52 Å². The van der Waals surface area contributed by atoms with Crippen LogP contribution in [0.1, 0.15) is 5.56 Å². The molecule has 0 fully saturated rings. The monoisotopic (exact) mass is 308 g/mol. The molecule has 3 aromatic heterocycles. The first-order valence-electron chi connectivity index (χ1n) is 6.89. The van der Waals surface area contributed by atoms with Gasteiger partial charge < -0.3 is 15.3 Å². The molecule has 23 heavy (non-hydrogen) atoms. The number of fused-ring (bicyclic) bond motifs is 1. The topological polar surface area (TPSA) is 116 Å². The van der Waals surface area contributed by atoms with E-state index in [4.69, 9.17) is 10.2 Å². The molecule has 0 spiro atoms. The van der Waals surface area contributed by atoms with E-state index in [1.54, 1.807) is 47.3 Å². The number of furan rings is 1. The highest BCUT2D eigenvalue weighted by Gasteiger charge is 2.17. The van der Waals surface area contributed by atoms with E-state index in [0.717, 1.165) is 5.56 Å². The van der Waals surface area contributed by atoms with Crippen LogP contribution in [0.3, 0.4) is 0 Å². The predicted molar refractivity (Wildman–Crippen MR) is 82.4 cm³/mol. The highest BCUT2D eigenvalue weighted by atomic mass is 16.3. The van der Waals surface area contributed by atoms with Crippen molar-refractivity contribution in [3.63, 3.8) is 0 Å². The van der Waals surface area contributed by atoms with Crippen LogP contribution in [0.5, 0.6) is 5.75 Å². The van der Waals surface area contributed by atoms with E-state index in [1.807, 2.05) is 0 Å². The summed E-state index contributed by atoms with van der Waals surface area (Å²) in [6.07, 6.45) is 1.56. The number of hydrogen-bond acceptors (Lipinski definition) is 7. The first-order valence-corrected chi connectivity index (χ1v) is 6.89. The molecule has 4 aromatic rings. The Hall–Kier alpha value is -3.42. The van der Waals surface area contributed by atoms with Gasteiger partial charge in [0, 0.05) is 0 Å². The van der Waals surface area contributed by atoms with Crippen LogP contribution in [0.2, 0.25) is 0 Å². The minimum atomic E-state index is 0.123. The molecule has 0 radical (unpaired) electrons. The van der Waals surface area contributed by atoms with Crippen molar-refractivity contribution in [2.45, 2.75) is 6.54 Å². The van der Waals surface area contributed by atoms with Crippen LogP contribution in [-0.4, -0.2) is 30.1 Å². The summed E-state index contributed by atoms with van der Waals surface area (Å²) >= 11 is 0. The van der Waals surface area contributed by atoms with Gasteiger partial charge in [0.15, 0.2) is 16.9 Å². The Labute approximate surface area is 130 Å². The maximum absolute atomic E-state index is 9.35. The summed E-state index contributed by atoms with van der Waals surface area (Å²) in [5, 5.41) is 17.6. The molecule has 0 aliphatic rings. The second kappa shape index (κ2) is 5.09. The van der Waals surface area contributed by atoms with Crippen LogP contribution in [0, 0.1) is 0 Å². The van der Waals surface area contributed by atoms with Crippen molar-refractivity contribution in [1.29, 1.82) is 0 Å². The molecule has 0 aliphatic heterocycles. The molecule has 0 saturated heterocycles. The van der Waals surface area contributed by atoms with Crippen molar-refractivity contribution in [3.05, 3.63) is 48.2 Å². The van der Waals surface area contributed by atoms with Crippen molar-refractivity contribution >= 4 is 17.1 Å². The van der Waals surface area contributed by atoms with E-state index in [-0.39, 0.29) is 11.7 Å². The number of hydrogen-bond donors (Lipinski definition) is 2. The molecule has 0 atom stereocenters. The number of benzene rings is 1. The van der Waals surface area contributed by atoms with E-state index >= 15 is 0 Å². The predicted octanol–water partition coefficient (Wildman–Crippen LogP) is 1.82. The largest absolute Gasteiger partial charge is 0.508 e. The first kappa shape index (κ1) is 13.3. The number of rotatable bonds is 3. The number of nitrogens with zero attached hydrogens (tertiary/aromatic N) is 5. The Morgan fingerprint density at radius 3 is 2.70 bits per heavy atom. The van der Waals surface area contributed by atoms with E-state index < -0.39 is 0 Å². The van der Waals surface area contributed by atoms with Crippen LogP contribution in [-0.2, 0) is 6.54 Å². The number of nitrogen functional groups attached to an aromatic ring is 1. The first-order chi connectivity index (χ1) is 11.2. The Kier molecular flexibility index (Phi) is 2.94. The molecule has 0 aliphatic carbocycles. The Morgan fingerprint density at radius 2 is 1.96 bits per heavy atom. The summed E-state index contributed by atoms with van der Waals surface area (Å²) in [7, 11) is 0. The number of nitrogens with two attached hydrogens (primary N) is 1. The minimum Gasteiger partial charge on any atom is -0.508 e. The zero-order chi connectivity index (χ0) is 15.8. The third-order valence-corrected chi connectivity index (χ3v) is 3.40. The van der Waals surface area contributed by atoms with Gasteiger partial charge in [-0.25, -0.2) is 9.67 Å². The zero-order valence-corrected chi connectivity index (χ0v) is 11.9. The summed E-state index contributed by atoms with van der Waals surface area (Å²) in [4.78, 5) is 8.43. The number of phenolic OH excluding ortho intramolecular Hbond substituents is 1. The summed E-state index contributed by atoms with van der Waals surface area (Å²) < 4.78 is 7.00. The van der Waals surface area contributed by atoms with Crippen LogP contribution in [0.15, 0.2) is 47.1 Å². The van der Waals surface area contributed by atoms with Gasteiger partial charge in [0.25, 0.3) is 0 Å². The Morgan fingerprint density at radius 1 is 1.13 bits per heavy atom. The third kappa shape index (κ3) is 2.35. The van der Waals surface area contributed by atoms with Crippen LogP contribution < -0.4 is 5.73 Å². The maximum atomic E-state index is 9.35. The van der Waals surface area contributed by atoms with E-state index in [9.17, 15) is 5.11 Å². The fraction of sp³-hybridized carbons (Fsp3) is 0.0667. The van der Waals surface area contributed by atoms with Gasteiger partial charge in [-0.15, -0.1) is 5.10 Å². The normalized spacial score (nSPS) is 11.1. The van der Waals surface area contributed by atoms with Gasteiger partial charge in [0.2, 0.25) is 5.95 Å². The average molecular weight is 308 g/mol. The van der Waals surface area contributed by atoms with Gasteiger partial charge in [-0.1, -0.05) is 17.3 Å². The molecule has 8 heteroatoms. The highest BCUT2D eigenvalue weighted by molar-refractivity contribution is 5.85. The van der Waals surface area contributed by atoms with Gasteiger partial charge in [-0.05, 0) is 29.8 Å². The van der Waals surface area contributed by atoms with Crippen molar-refractivity contribution in [2.24, 2.45) is 0 Å². The zero-order valence-electron chi connectivity index (χ0n) is 11.9. The minimum absolute atomic E-state index is 0.123. The van der Waals surface area contributed by atoms with Crippen LogP contribution in [0.25, 0.3) is 22.6 Å². The number of phenols is 1. The molecule has 114 valence electrons. The molecule has 0 unspecified atom stereocenters. The second-order valence-corrected chi connectivity index (χ2v) is 4.99. The van der Waals surface area contributed by atoms with Crippen LogP contribution >= 0.6 is 0 Å². The maximum Gasteiger partial charge on any atom is 0.222 e.